The predicted octanol–water partition coefficient (Wildman–Crippen LogP) is 2.53. The van der Waals surface area contributed by atoms with Gasteiger partial charge in [0.05, 0.1) is 28.5 Å². The van der Waals surface area contributed by atoms with Crippen LogP contribution < -0.4 is 24.4 Å². The van der Waals surface area contributed by atoms with Crippen LogP contribution in [0.1, 0.15) is 31.0 Å². The zero-order valence-electron chi connectivity index (χ0n) is 17.5. The topological polar surface area (TPSA) is 79.1 Å². The van der Waals surface area contributed by atoms with Crippen molar-refractivity contribution in [3.63, 3.8) is 0 Å². The Morgan fingerprint density at radius 1 is 1.22 bits per heavy atom. The lowest BCUT2D eigenvalue weighted by Crippen LogP contribution is -2.39. The van der Waals surface area contributed by atoms with Crippen molar-refractivity contribution in [1.29, 1.82) is 0 Å². The van der Waals surface area contributed by atoms with Crippen LogP contribution in [0.2, 0.25) is 0 Å². The van der Waals surface area contributed by atoms with Crippen LogP contribution in [0, 0.1) is 0 Å². The number of carbonyl (C=O) groups is 1. The first-order chi connectivity index (χ1) is 15.6. The van der Waals surface area contributed by atoms with E-state index in [2.05, 4.69) is 4.99 Å². The maximum absolute atomic E-state index is 13.5. The molecule has 0 N–H and O–H groups in total. The standard InChI is InChI=1S/C24H20N2O5S/c1-3-29-23(28)20-14(2)25-24-26(21(20)16-9-10-17-18(12-16)31-13-30-17)22(27)19(32-24)11-15-7-5-4-6-8-15/h4-12,21H,3,13H2,1-2H3/b19-11+. The van der Waals surface area contributed by atoms with Crippen molar-refractivity contribution in [2.45, 2.75) is 19.9 Å². The molecule has 0 radical (unpaired) electrons. The van der Waals surface area contributed by atoms with Gasteiger partial charge in [-0.2, -0.15) is 0 Å². The van der Waals surface area contributed by atoms with Gasteiger partial charge in [-0.3, -0.25) is 9.36 Å². The molecule has 32 heavy (non-hydrogen) atoms. The van der Waals surface area contributed by atoms with Gasteiger partial charge in [-0.25, -0.2) is 9.79 Å². The molecule has 1 unspecified atom stereocenters. The van der Waals surface area contributed by atoms with E-state index >= 15 is 0 Å². The van der Waals surface area contributed by atoms with E-state index in [9.17, 15) is 9.59 Å². The summed E-state index contributed by atoms with van der Waals surface area (Å²) in [4.78, 5) is 31.6. The summed E-state index contributed by atoms with van der Waals surface area (Å²) in [5.74, 6) is 0.712. The molecule has 0 aliphatic carbocycles. The molecule has 0 spiro atoms. The summed E-state index contributed by atoms with van der Waals surface area (Å²) in [6.07, 6.45) is 1.84. The van der Waals surface area contributed by atoms with Crippen LogP contribution in [0.5, 0.6) is 11.5 Å². The molecule has 2 aromatic carbocycles. The molecule has 3 aromatic rings. The molecule has 1 atom stereocenters. The largest absolute Gasteiger partial charge is 0.463 e. The van der Waals surface area contributed by atoms with E-state index in [-0.39, 0.29) is 19.0 Å². The molecule has 162 valence electrons. The molecule has 3 heterocycles. The fraction of sp³-hybridized carbons (Fsp3) is 0.208. The van der Waals surface area contributed by atoms with Gasteiger partial charge in [-0.05, 0) is 43.2 Å². The maximum atomic E-state index is 13.5. The van der Waals surface area contributed by atoms with Crippen molar-refractivity contribution in [3.8, 4) is 11.5 Å². The Labute approximate surface area is 187 Å². The van der Waals surface area contributed by atoms with Gasteiger partial charge in [0.25, 0.3) is 5.56 Å². The van der Waals surface area contributed by atoms with Gasteiger partial charge in [-0.1, -0.05) is 47.7 Å². The molecular formula is C24H20N2O5S. The van der Waals surface area contributed by atoms with Crippen LogP contribution in [0.4, 0.5) is 0 Å². The second kappa shape index (κ2) is 8.12. The Morgan fingerprint density at radius 3 is 2.78 bits per heavy atom. The van der Waals surface area contributed by atoms with Crippen molar-refractivity contribution in [2.75, 3.05) is 13.4 Å². The minimum absolute atomic E-state index is 0.137. The molecule has 2 aliphatic heterocycles. The van der Waals surface area contributed by atoms with Crippen molar-refractivity contribution >= 4 is 23.4 Å². The minimum Gasteiger partial charge on any atom is -0.463 e. The lowest BCUT2D eigenvalue weighted by molar-refractivity contribution is -0.139. The summed E-state index contributed by atoms with van der Waals surface area (Å²) < 4.78 is 18.4. The van der Waals surface area contributed by atoms with E-state index in [0.29, 0.717) is 32.1 Å². The maximum Gasteiger partial charge on any atom is 0.338 e. The molecule has 0 saturated carbocycles. The number of ether oxygens (including phenoxy) is 3. The first-order valence-corrected chi connectivity index (χ1v) is 11.0. The number of allylic oxidation sites excluding steroid dienone is 1. The fourth-order valence-corrected chi connectivity index (χ4v) is 4.94. The van der Waals surface area contributed by atoms with Gasteiger partial charge < -0.3 is 14.2 Å². The molecule has 1 aromatic heterocycles. The molecule has 0 fully saturated rings. The summed E-state index contributed by atoms with van der Waals surface area (Å²) in [5, 5.41) is 0. The van der Waals surface area contributed by atoms with E-state index in [1.807, 2.05) is 42.5 Å². The number of benzene rings is 2. The lowest BCUT2D eigenvalue weighted by atomic mass is 9.95. The smallest absolute Gasteiger partial charge is 0.338 e. The molecule has 5 rings (SSSR count). The zero-order chi connectivity index (χ0) is 22.2. The highest BCUT2D eigenvalue weighted by Gasteiger charge is 2.34. The zero-order valence-corrected chi connectivity index (χ0v) is 18.3. The van der Waals surface area contributed by atoms with Gasteiger partial charge in [-0.15, -0.1) is 0 Å². The number of rotatable bonds is 4. The number of esters is 1. The van der Waals surface area contributed by atoms with Gasteiger partial charge in [0, 0.05) is 0 Å². The number of nitrogens with zero attached hydrogens (tertiary/aromatic N) is 2. The molecule has 7 nitrogen and oxygen atoms in total. The van der Waals surface area contributed by atoms with Crippen LogP contribution in [0.25, 0.3) is 6.08 Å². The predicted molar refractivity (Wildman–Crippen MR) is 119 cm³/mol. The second-order valence-corrected chi connectivity index (χ2v) is 8.33. The summed E-state index contributed by atoms with van der Waals surface area (Å²) >= 11 is 1.30. The van der Waals surface area contributed by atoms with E-state index in [1.54, 1.807) is 30.5 Å². The number of thiazole rings is 1. The van der Waals surface area contributed by atoms with Gasteiger partial charge in [0.2, 0.25) is 6.79 Å². The number of aromatic nitrogens is 1. The van der Waals surface area contributed by atoms with E-state index in [4.69, 9.17) is 14.2 Å². The quantitative estimate of drug-likeness (QED) is 0.573. The van der Waals surface area contributed by atoms with Crippen LogP contribution in [0.15, 0.2) is 69.6 Å². The summed E-state index contributed by atoms with van der Waals surface area (Å²) in [7, 11) is 0. The highest BCUT2D eigenvalue weighted by atomic mass is 32.1. The van der Waals surface area contributed by atoms with Crippen molar-refractivity contribution in [1.82, 2.24) is 4.57 Å². The lowest BCUT2D eigenvalue weighted by Gasteiger charge is -2.24. The van der Waals surface area contributed by atoms with Crippen molar-refractivity contribution < 1.29 is 19.0 Å². The van der Waals surface area contributed by atoms with Crippen molar-refractivity contribution in [3.05, 3.63) is 90.6 Å². The van der Waals surface area contributed by atoms with Gasteiger partial charge >= 0.3 is 5.97 Å². The molecule has 0 saturated heterocycles. The SMILES string of the molecule is CCOC(=O)C1=C(C)N=c2s/c(=C/c3ccccc3)c(=O)n2C1c1ccc2c(c1)OCO2. The summed E-state index contributed by atoms with van der Waals surface area (Å²) in [5.41, 5.74) is 2.29. The number of hydrogen-bond acceptors (Lipinski definition) is 7. The normalized spacial score (nSPS) is 17.2. The van der Waals surface area contributed by atoms with E-state index in [0.717, 1.165) is 11.1 Å². The third kappa shape index (κ3) is 3.42. The monoisotopic (exact) mass is 448 g/mol. The average Bonchev–Trinajstić information content (AvgIpc) is 3.37. The van der Waals surface area contributed by atoms with E-state index < -0.39 is 12.0 Å². The Bertz CT molecular complexity index is 1420. The summed E-state index contributed by atoms with van der Waals surface area (Å²) in [6, 6.07) is 14.4. The van der Waals surface area contributed by atoms with Crippen LogP contribution in [0.3, 0.4) is 0 Å². The summed E-state index contributed by atoms with van der Waals surface area (Å²) in [6.45, 7) is 3.87. The highest BCUT2D eigenvalue weighted by molar-refractivity contribution is 7.07. The van der Waals surface area contributed by atoms with Crippen LogP contribution in [-0.2, 0) is 9.53 Å². The van der Waals surface area contributed by atoms with Crippen molar-refractivity contribution in [2.24, 2.45) is 4.99 Å². The molecule has 2 aliphatic rings. The number of carbonyl (C=O) groups excluding carboxylic acids is 1. The van der Waals surface area contributed by atoms with Gasteiger partial charge in [0.1, 0.15) is 0 Å². The van der Waals surface area contributed by atoms with Crippen LogP contribution in [-0.4, -0.2) is 23.9 Å². The molecule has 8 heteroatoms. The van der Waals surface area contributed by atoms with E-state index in [1.165, 1.54) is 11.3 Å². The molecular weight excluding hydrogens is 428 g/mol. The second-order valence-electron chi connectivity index (χ2n) is 7.33. The van der Waals surface area contributed by atoms with Crippen LogP contribution >= 0.6 is 11.3 Å². The Hall–Kier alpha value is -3.65. The molecule has 0 bridgehead atoms. The Balaban J connectivity index is 1.73. The molecule has 0 amide bonds. The number of hydrogen-bond donors (Lipinski definition) is 0. The third-order valence-corrected chi connectivity index (χ3v) is 6.31. The Morgan fingerprint density at radius 2 is 2.00 bits per heavy atom. The third-order valence-electron chi connectivity index (χ3n) is 5.33. The number of fused-ring (bicyclic) bond motifs is 2. The average molecular weight is 449 g/mol. The first-order valence-electron chi connectivity index (χ1n) is 10.2. The first kappa shape index (κ1) is 20.3. The van der Waals surface area contributed by atoms with Gasteiger partial charge in [0.15, 0.2) is 16.3 Å². The highest BCUT2D eigenvalue weighted by Crippen LogP contribution is 2.38. The minimum atomic E-state index is -0.683. The fourth-order valence-electron chi connectivity index (χ4n) is 3.89. The Kier molecular flexibility index (Phi) is 5.14.